The summed E-state index contributed by atoms with van der Waals surface area (Å²) in [6.07, 6.45) is 2.54. The van der Waals surface area contributed by atoms with Crippen molar-refractivity contribution in [3.63, 3.8) is 0 Å². The molecule has 0 radical (unpaired) electrons. The molecule has 0 aliphatic carbocycles. The fourth-order valence-electron chi connectivity index (χ4n) is 1.97. The van der Waals surface area contributed by atoms with Gasteiger partial charge in [0, 0.05) is 6.08 Å². The lowest BCUT2D eigenvalue weighted by Gasteiger charge is -2.12. The van der Waals surface area contributed by atoms with Crippen LogP contribution in [0.1, 0.15) is 26.3 Å². The molecule has 1 fully saturated rings. The second-order valence-electron chi connectivity index (χ2n) is 5.95. The summed E-state index contributed by atoms with van der Waals surface area (Å²) in [4.78, 5) is 35.0. The van der Waals surface area contributed by atoms with Crippen molar-refractivity contribution in [3.05, 3.63) is 34.7 Å². The van der Waals surface area contributed by atoms with Gasteiger partial charge < -0.3 is 14.2 Å². The van der Waals surface area contributed by atoms with Crippen LogP contribution in [0.5, 0.6) is 11.5 Å². The molecule has 0 spiro atoms. The maximum Gasteiger partial charge on any atom is 0.331 e. The van der Waals surface area contributed by atoms with Crippen LogP contribution in [0.15, 0.2) is 39.4 Å². The van der Waals surface area contributed by atoms with Gasteiger partial charge in [-0.3, -0.25) is 14.9 Å². The molecule has 1 aliphatic heterocycles. The Balaban J connectivity index is 2.12. The SMILES string of the molecule is CCOc1cc(C=N/N=C2/NC(=O)/C(=C\C(=O)OC)S2)ccc1OC(=O)C(C)C. The zero-order valence-corrected chi connectivity index (χ0v) is 17.2. The maximum absolute atomic E-state index is 11.8. The Hall–Kier alpha value is -3.14. The molecule has 1 amide bonds. The number of amidine groups is 1. The van der Waals surface area contributed by atoms with Gasteiger partial charge in [-0.25, -0.2) is 4.79 Å². The van der Waals surface area contributed by atoms with E-state index in [0.29, 0.717) is 23.7 Å². The fourth-order valence-corrected chi connectivity index (χ4v) is 2.71. The molecule has 0 unspecified atom stereocenters. The molecule has 29 heavy (non-hydrogen) atoms. The van der Waals surface area contributed by atoms with E-state index in [9.17, 15) is 14.4 Å². The van der Waals surface area contributed by atoms with Gasteiger partial charge in [0.05, 0.1) is 30.8 Å². The first-order valence-corrected chi connectivity index (χ1v) is 9.54. The number of rotatable bonds is 7. The summed E-state index contributed by atoms with van der Waals surface area (Å²) in [7, 11) is 1.22. The molecule has 1 aromatic carbocycles. The predicted octanol–water partition coefficient (Wildman–Crippen LogP) is 2.26. The molecule has 1 saturated heterocycles. The monoisotopic (exact) mass is 419 g/mol. The number of benzene rings is 1. The van der Waals surface area contributed by atoms with Gasteiger partial charge in [-0.05, 0) is 42.4 Å². The summed E-state index contributed by atoms with van der Waals surface area (Å²) in [5.74, 6) is -0.976. The van der Waals surface area contributed by atoms with Gasteiger partial charge in [0.2, 0.25) is 0 Å². The van der Waals surface area contributed by atoms with E-state index in [-0.39, 0.29) is 22.0 Å². The average Bonchev–Trinajstić information content (AvgIpc) is 3.02. The van der Waals surface area contributed by atoms with Crippen molar-refractivity contribution in [1.29, 1.82) is 0 Å². The molecule has 10 heteroatoms. The molecule has 0 saturated carbocycles. The van der Waals surface area contributed by atoms with E-state index < -0.39 is 11.9 Å². The highest BCUT2D eigenvalue weighted by Crippen LogP contribution is 2.29. The number of methoxy groups -OCH3 is 1. The lowest BCUT2D eigenvalue weighted by molar-refractivity contribution is -0.138. The van der Waals surface area contributed by atoms with E-state index in [2.05, 4.69) is 20.3 Å². The number of nitrogens with one attached hydrogen (secondary N) is 1. The number of hydrogen-bond donors (Lipinski definition) is 1. The molecule has 154 valence electrons. The molecule has 1 aromatic rings. The molecular weight excluding hydrogens is 398 g/mol. The summed E-state index contributed by atoms with van der Waals surface area (Å²) >= 11 is 0.975. The summed E-state index contributed by atoms with van der Waals surface area (Å²) in [5.41, 5.74) is 0.654. The van der Waals surface area contributed by atoms with Crippen molar-refractivity contribution in [2.75, 3.05) is 13.7 Å². The van der Waals surface area contributed by atoms with Gasteiger partial charge >= 0.3 is 11.9 Å². The molecular formula is C19H21N3O6S. The van der Waals surface area contributed by atoms with Crippen molar-refractivity contribution in [1.82, 2.24) is 5.32 Å². The minimum Gasteiger partial charge on any atom is -0.490 e. The zero-order valence-electron chi connectivity index (χ0n) is 16.4. The lowest BCUT2D eigenvalue weighted by Crippen LogP contribution is -2.19. The Kier molecular flexibility index (Phi) is 7.96. The van der Waals surface area contributed by atoms with E-state index in [1.54, 1.807) is 32.0 Å². The van der Waals surface area contributed by atoms with Crippen LogP contribution in [-0.4, -0.2) is 42.9 Å². The third-order valence-corrected chi connectivity index (χ3v) is 4.31. The van der Waals surface area contributed by atoms with Gasteiger partial charge in [0.1, 0.15) is 0 Å². The van der Waals surface area contributed by atoms with Crippen LogP contribution < -0.4 is 14.8 Å². The second kappa shape index (κ2) is 10.4. The van der Waals surface area contributed by atoms with E-state index in [1.165, 1.54) is 13.3 Å². The van der Waals surface area contributed by atoms with E-state index in [1.807, 2.05) is 6.92 Å². The lowest BCUT2D eigenvalue weighted by atomic mass is 10.2. The molecule has 1 aliphatic rings. The first kappa shape index (κ1) is 22.2. The molecule has 2 rings (SSSR count). The molecule has 0 bridgehead atoms. The Morgan fingerprint density at radius 1 is 1.28 bits per heavy atom. The Bertz CT molecular complexity index is 892. The van der Waals surface area contributed by atoms with Crippen LogP contribution >= 0.6 is 11.8 Å². The number of esters is 2. The van der Waals surface area contributed by atoms with Crippen molar-refractivity contribution < 1.29 is 28.6 Å². The van der Waals surface area contributed by atoms with Crippen molar-refractivity contribution in [2.45, 2.75) is 20.8 Å². The number of nitrogens with zero attached hydrogens (tertiary/aromatic N) is 2. The van der Waals surface area contributed by atoms with Gasteiger partial charge in [0.15, 0.2) is 16.7 Å². The number of carbonyl (C=O) groups excluding carboxylic acids is 3. The summed E-state index contributed by atoms with van der Waals surface area (Å²) in [6.45, 7) is 5.70. The van der Waals surface area contributed by atoms with Crippen molar-refractivity contribution in [2.24, 2.45) is 16.1 Å². The minimum absolute atomic E-state index is 0.167. The largest absolute Gasteiger partial charge is 0.490 e. The van der Waals surface area contributed by atoms with Crippen molar-refractivity contribution in [3.8, 4) is 11.5 Å². The van der Waals surface area contributed by atoms with Crippen LogP contribution in [0.3, 0.4) is 0 Å². The van der Waals surface area contributed by atoms with Gasteiger partial charge in [-0.2, -0.15) is 5.10 Å². The van der Waals surface area contributed by atoms with Crippen LogP contribution in [0.2, 0.25) is 0 Å². The quantitative estimate of drug-likeness (QED) is 0.237. The van der Waals surface area contributed by atoms with Crippen LogP contribution in [0, 0.1) is 5.92 Å². The number of amides is 1. The van der Waals surface area contributed by atoms with Crippen molar-refractivity contribution >= 4 is 41.0 Å². The second-order valence-corrected chi connectivity index (χ2v) is 6.98. The predicted molar refractivity (Wildman–Crippen MR) is 109 cm³/mol. The molecule has 1 N–H and O–H groups in total. The first-order chi connectivity index (χ1) is 13.8. The third kappa shape index (κ3) is 6.46. The Morgan fingerprint density at radius 3 is 2.69 bits per heavy atom. The third-order valence-electron chi connectivity index (χ3n) is 3.41. The first-order valence-electron chi connectivity index (χ1n) is 8.72. The number of hydrogen-bond acceptors (Lipinski definition) is 9. The summed E-state index contributed by atoms with van der Waals surface area (Å²) in [5, 5.41) is 10.6. The maximum atomic E-state index is 11.8. The Labute approximate surface area is 172 Å². The van der Waals surface area contributed by atoms with Gasteiger partial charge in [-0.15, -0.1) is 5.10 Å². The summed E-state index contributed by atoms with van der Waals surface area (Å²) < 4.78 is 15.4. The van der Waals surface area contributed by atoms with E-state index in [0.717, 1.165) is 17.8 Å². The standard InChI is InChI=1S/C19H21N3O6S/c1-5-27-14-8-12(6-7-13(14)28-18(25)11(2)3)10-20-22-19-21-17(24)15(29-19)9-16(23)26-4/h6-11H,5H2,1-4H3,(H,21,22,24)/b15-9+,20-10?. The van der Waals surface area contributed by atoms with E-state index in [4.69, 9.17) is 9.47 Å². The number of carbonyl (C=O) groups is 3. The minimum atomic E-state index is -0.630. The topological polar surface area (TPSA) is 116 Å². The van der Waals surface area contributed by atoms with Crippen LogP contribution in [0.25, 0.3) is 0 Å². The molecule has 1 heterocycles. The molecule has 9 nitrogen and oxygen atoms in total. The molecule has 0 aromatic heterocycles. The normalized spacial score (nSPS) is 16.5. The Morgan fingerprint density at radius 2 is 2.03 bits per heavy atom. The zero-order chi connectivity index (χ0) is 21.4. The molecule has 0 atom stereocenters. The summed E-state index contributed by atoms with van der Waals surface area (Å²) in [6, 6.07) is 4.97. The van der Waals surface area contributed by atoms with E-state index >= 15 is 0 Å². The van der Waals surface area contributed by atoms with Gasteiger partial charge in [-0.1, -0.05) is 13.8 Å². The van der Waals surface area contributed by atoms with Crippen LogP contribution in [0.4, 0.5) is 0 Å². The highest BCUT2D eigenvalue weighted by molar-refractivity contribution is 8.18. The van der Waals surface area contributed by atoms with Gasteiger partial charge in [0.25, 0.3) is 5.91 Å². The smallest absolute Gasteiger partial charge is 0.331 e. The average molecular weight is 419 g/mol. The highest BCUT2D eigenvalue weighted by atomic mass is 32.2. The number of thioether (sulfide) groups is 1. The fraction of sp³-hybridized carbons (Fsp3) is 0.316. The van der Waals surface area contributed by atoms with Crippen LogP contribution in [-0.2, 0) is 19.1 Å². The number of ether oxygens (including phenoxy) is 3. The highest BCUT2D eigenvalue weighted by Gasteiger charge is 2.25.